The van der Waals surface area contributed by atoms with Crippen molar-refractivity contribution in [2.75, 3.05) is 0 Å². The highest BCUT2D eigenvalue weighted by molar-refractivity contribution is 7.92. The van der Waals surface area contributed by atoms with E-state index >= 15 is 0 Å². The van der Waals surface area contributed by atoms with Crippen molar-refractivity contribution in [1.29, 1.82) is 0 Å². The van der Waals surface area contributed by atoms with Crippen LogP contribution in [0.4, 0.5) is 30.7 Å². The van der Waals surface area contributed by atoms with Gasteiger partial charge in [-0.2, -0.15) is 26.3 Å². The molecule has 2 aromatic carbocycles. The Hall–Kier alpha value is -2.22. The van der Waals surface area contributed by atoms with Crippen molar-refractivity contribution in [2.45, 2.75) is 52.6 Å². The topological polar surface area (TPSA) is 94.8 Å². The van der Waals surface area contributed by atoms with Gasteiger partial charge in [-0.1, -0.05) is 24.3 Å². The molecule has 33 heavy (non-hydrogen) atoms. The van der Waals surface area contributed by atoms with E-state index in [-0.39, 0.29) is 17.7 Å². The molecular formula is C20H17F7O5S. The van der Waals surface area contributed by atoms with Crippen molar-refractivity contribution < 1.29 is 54.5 Å². The van der Waals surface area contributed by atoms with Gasteiger partial charge in [0.2, 0.25) is 0 Å². The molecule has 1 saturated carbocycles. The Kier molecular flexibility index (Phi) is 6.10. The van der Waals surface area contributed by atoms with E-state index in [1.54, 1.807) is 0 Å². The van der Waals surface area contributed by atoms with E-state index in [0.717, 1.165) is 24.3 Å². The lowest BCUT2D eigenvalue weighted by Crippen LogP contribution is -2.53. The Labute approximate surface area is 183 Å². The Morgan fingerprint density at radius 1 is 0.788 bits per heavy atom. The van der Waals surface area contributed by atoms with Crippen molar-refractivity contribution >= 4 is 9.84 Å². The molecule has 13 heteroatoms. The molecule has 0 unspecified atom stereocenters. The van der Waals surface area contributed by atoms with Crippen LogP contribution in [0.2, 0.25) is 0 Å². The molecule has 3 N–H and O–H groups in total. The molecule has 3 atom stereocenters. The van der Waals surface area contributed by atoms with Crippen molar-refractivity contribution in [3.8, 4) is 0 Å². The van der Waals surface area contributed by atoms with Crippen LogP contribution < -0.4 is 0 Å². The zero-order valence-electron chi connectivity index (χ0n) is 16.4. The van der Waals surface area contributed by atoms with Crippen LogP contribution in [0.3, 0.4) is 0 Å². The van der Waals surface area contributed by atoms with Crippen molar-refractivity contribution in [1.82, 2.24) is 0 Å². The van der Waals surface area contributed by atoms with Gasteiger partial charge in [0, 0.05) is 5.56 Å². The van der Waals surface area contributed by atoms with Gasteiger partial charge in [0.15, 0.2) is 9.84 Å². The van der Waals surface area contributed by atoms with Crippen LogP contribution in [0.15, 0.2) is 53.4 Å². The summed E-state index contributed by atoms with van der Waals surface area (Å²) < 4.78 is 117. The fourth-order valence-corrected chi connectivity index (χ4v) is 6.16. The standard InChI is InChI=1S/C20H17F7O5S/c21-13-5-7-14(8-6-13)33(31,32)17(9-15(28)16(29)10-17)11-1-3-12(4-2-11)18(30,19(22,23)24)20(25,26)27/h1-8,15-16,28-30H,9-10H2/t15-,16+,17+. The number of hydrogen-bond donors (Lipinski definition) is 3. The first kappa shape index (κ1) is 25.4. The third kappa shape index (κ3) is 3.90. The van der Waals surface area contributed by atoms with E-state index < -0.39 is 73.9 Å². The number of hydrogen-bond acceptors (Lipinski definition) is 5. The first-order valence-electron chi connectivity index (χ1n) is 9.30. The zero-order chi connectivity index (χ0) is 25.0. The highest BCUT2D eigenvalue weighted by atomic mass is 32.2. The van der Waals surface area contributed by atoms with Crippen LogP contribution in [0, 0.1) is 5.82 Å². The summed E-state index contributed by atoms with van der Waals surface area (Å²) in [5.74, 6) is -0.766. The number of rotatable bonds is 4. The van der Waals surface area contributed by atoms with Gasteiger partial charge in [0.1, 0.15) is 10.6 Å². The second-order valence-electron chi connectivity index (χ2n) is 7.78. The molecule has 0 aromatic heterocycles. The molecular weight excluding hydrogens is 485 g/mol. The minimum atomic E-state index is -6.13. The molecule has 0 saturated heterocycles. The molecule has 5 nitrogen and oxygen atoms in total. The lowest BCUT2D eigenvalue weighted by atomic mass is 9.88. The molecule has 1 aliphatic carbocycles. The van der Waals surface area contributed by atoms with Crippen LogP contribution >= 0.6 is 0 Å². The van der Waals surface area contributed by atoms with E-state index in [0.29, 0.717) is 12.1 Å². The fraction of sp³-hybridized carbons (Fsp3) is 0.400. The summed E-state index contributed by atoms with van der Waals surface area (Å²) in [5, 5.41) is 29.6. The maximum atomic E-state index is 13.4. The number of alkyl halides is 6. The van der Waals surface area contributed by atoms with E-state index in [1.165, 1.54) is 0 Å². The molecule has 1 aliphatic rings. The summed E-state index contributed by atoms with van der Waals surface area (Å²) in [6.45, 7) is 0. The predicted molar refractivity (Wildman–Crippen MR) is 99.0 cm³/mol. The largest absolute Gasteiger partial charge is 0.430 e. The van der Waals surface area contributed by atoms with Crippen LogP contribution in [0.5, 0.6) is 0 Å². The van der Waals surface area contributed by atoms with Gasteiger partial charge in [-0.25, -0.2) is 12.8 Å². The number of halogens is 7. The van der Waals surface area contributed by atoms with E-state index in [1.807, 2.05) is 0 Å². The molecule has 0 aliphatic heterocycles. The summed E-state index contributed by atoms with van der Waals surface area (Å²) in [6, 6.07) is 5.36. The van der Waals surface area contributed by atoms with Gasteiger partial charge in [-0.15, -0.1) is 0 Å². The van der Waals surface area contributed by atoms with Gasteiger partial charge in [0.25, 0.3) is 5.60 Å². The van der Waals surface area contributed by atoms with E-state index in [2.05, 4.69) is 0 Å². The Morgan fingerprint density at radius 3 is 1.61 bits per heavy atom. The molecule has 2 aromatic rings. The van der Waals surface area contributed by atoms with Gasteiger partial charge >= 0.3 is 12.4 Å². The van der Waals surface area contributed by atoms with Gasteiger partial charge < -0.3 is 15.3 Å². The number of sulfone groups is 1. The van der Waals surface area contributed by atoms with Crippen molar-refractivity contribution in [3.05, 3.63) is 65.5 Å². The molecule has 0 amide bonds. The first-order chi connectivity index (χ1) is 15.0. The minimum Gasteiger partial charge on any atom is -0.390 e. The van der Waals surface area contributed by atoms with Crippen LogP contribution in [0.25, 0.3) is 0 Å². The summed E-state index contributed by atoms with van der Waals surface area (Å²) in [5.41, 5.74) is -7.13. The monoisotopic (exact) mass is 502 g/mol. The third-order valence-corrected chi connectivity index (χ3v) is 8.30. The summed E-state index contributed by atoms with van der Waals surface area (Å²) >= 11 is 0. The smallest absolute Gasteiger partial charge is 0.390 e. The summed E-state index contributed by atoms with van der Waals surface area (Å²) in [7, 11) is -4.53. The lowest BCUT2D eigenvalue weighted by Gasteiger charge is -2.34. The molecule has 0 bridgehead atoms. The molecule has 1 fully saturated rings. The van der Waals surface area contributed by atoms with Crippen LogP contribution in [-0.2, 0) is 20.2 Å². The first-order valence-corrected chi connectivity index (χ1v) is 10.8. The third-order valence-electron chi connectivity index (χ3n) is 5.81. The average Bonchev–Trinajstić information content (AvgIpc) is 3.02. The lowest BCUT2D eigenvalue weighted by molar-refractivity contribution is -0.376. The normalized spacial score (nSPS) is 24.8. The molecule has 0 spiro atoms. The van der Waals surface area contributed by atoms with E-state index in [4.69, 9.17) is 0 Å². The van der Waals surface area contributed by atoms with E-state index in [9.17, 15) is 54.5 Å². The zero-order valence-corrected chi connectivity index (χ0v) is 17.2. The van der Waals surface area contributed by atoms with Gasteiger partial charge in [-0.05, 0) is 42.7 Å². The summed E-state index contributed by atoms with van der Waals surface area (Å²) in [6.07, 6.45) is -16.7. The van der Waals surface area contributed by atoms with Crippen LogP contribution in [0.1, 0.15) is 24.0 Å². The second-order valence-corrected chi connectivity index (χ2v) is 10.0. The molecule has 3 rings (SSSR count). The molecule has 182 valence electrons. The highest BCUT2D eigenvalue weighted by Gasteiger charge is 2.71. The molecule has 0 radical (unpaired) electrons. The van der Waals surface area contributed by atoms with Gasteiger partial charge in [0.05, 0.1) is 17.1 Å². The predicted octanol–water partition coefficient (Wildman–Crippen LogP) is 3.32. The maximum absolute atomic E-state index is 13.4. The second kappa shape index (κ2) is 7.93. The Morgan fingerprint density at radius 2 is 1.21 bits per heavy atom. The Balaban J connectivity index is 2.18. The number of benzene rings is 2. The quantitative estimate of drug-likeness (QED) is 0.441. The minimum absolute atomic E-state index is 0.287. The van der Waals surface area contributed by atoms with Crippen LogP contribution in [-0.4, -0.2) is 48.3 Å². The SMILES string of the molecule is O=S(=O)(c1ccc(F)cc1)[C@@]1(c2ccc(C(O)(C(F)(F)F)C(F)(F)F)cc2)C[C@@H](O)[C@@H](O)C1. The summed E-state index contributed by atoms with van der Waals surface area (Å²) in [4.78, 5) is -0.434. The highest BCUT2D eigenvalue weighted by Crippen LogP contribution is 2.52. The fourth-order valence-electron chi connectivity index (χ4n) is 3.98. The van der Waals surface area contributed by atoms with Crippen molar-refractivity contribution in [3.63, 3.8) is 0 Å². The Bertz CT molecular complexity index is 1090. The maximum Gasteiger partial charge on any atom is 0.430 e. The average molecular weight is 502 g/mol. The number of aliphatic hydroxyl groups excluding tert-OH is 2. The van der Waals surface area contributed by atoms with Gasteiger partial charge in [-0.3, -0.25) is 0 Å². The number of aliphatic hydroxyl groups is 3. The molecule has 0 heterocycles. The van der Waals surface area contributed by atoms with Crippen molar-refractivity contribution in [2.24, 2.45) is 0 Å².